The number of carbonyl (C=O) groups is 2. The van der Waals surface area contributed by atoms with Gasteiger partial charge in [-0.15, -0.1) is 0 Å². The number of carboxylic acid groups (broad SMARTS) is 1. The van der Waals surface area contributed by atoms with Crippen molar-refractivity contribution in [2.45, 2.75) is 19.4 Å². The minimum absolute atomic E-state index is 0.149. The van der Waals surface area contributed by atoms with E-state index in [2.05, 4.69) is 0 Å². The Morgan fingerprint density at radius 2 is 2.25 bits per heavy atom. The maximum absolute atomic E-state index is 11.7. The van der Waals surface area contributed by atoms with E-state index >= 15 is 0 Å². The summed E-state index contributed by atoms with van der Waals surface area (Å²) in [6.45, 7) is 2.58. The van der Waals surface area contributed by atoms with Crippen LogP contribution in [-0.2, 0) is 9.53 Å². The van der Waals surface area contributed by atoms with Gasteiger partial charge in [0.25, 0.3) is 0 Å². The average molecular weight is 225 g/mol. The van der Waals surface area contributed by atoms with Gasteiger partial charge in [0.05, 0.1) is 18.6 Å². The second kappa shape index (κ2) is 4.15. The van der Waals surface area contributed by atoms with Gasteiger partial charge in [-0.1, -0.05) is 12.2 Å². The highest BCUT2D eigenvalue weighted by molar-refractivity contribution is 5.76. The number of fused-ring (bicyclic) bond motifs is 2. The van der Waals surface area contributed by atoms with Gasteiger partial charge in [0.15, 0.2) is 0 Å². The zero-order valence-electron chi connectivity index (χ0n) is 9.13. The predicted molar refractivity (Wildman–Crippen MR) is 55.9 cm³/mol. The maximum Gasteiger partial charge on any atom is 0.407 e. The van der Waals surface area contributed by atoms with Crippen molar-refractivity contribution < 1.29 is 19.4 Å². The fourth-order valence-corrected chi connectivity index (χ4v) is 2.47. The molecular formula is C11H15NO4. The number of piperidine rings is 1. The molecule has 0 aromatic rings. The molecule has 3 unspecified atom stereocenters. The highest BCUT2D eigenvalue weighted by Crippen LogP contribution is 2.35. The van der Waals surface area contributed by atoms with Gasteiger partial charge in [-0.05, 0) is 19.3 Å². The molecular weight excluding hydrogens is 210 g/mol. The Morgan fingerprint density at radius 3 is 2.81 bits per heavy atom. The van der Waals surface area contributed by atoms with Crippen molar-refractivity contribution >= 4 is 12.1 Å². The first-order chi connectivity index (χ1) is 7.63. The van der Waals surface area contributed by atoms with Crippen LogP contribution >= 0.6 is 0 Å². The van der Waals surface area contributed by atoms with Crippen molar-refractivity contribution in [1.82, 2.24) is 4.90 Å². The summed E-state index contributed by atoms with van der Waals surface area (Å²) in [6.07, 6.45) is 3.55. The number of amides is 1. The molecule has 5 heteroatoms. The number of hydrogen-bond donors (Lipinski definition) is 1. The maximum atomic E-state index is 11.7. The van der Waals surface area contributed by atoms with Gasteiger partial charge in [0.2, 0.25) is 0 Å². The number of ether oxygens (including phenoxy) is 1. The third-order valence-electron chi connectivity index (χ3n) is 3.18. The summed E-state index contributed by atoms with van der Waals surface area (Å²) in [5.74, 6) is -0.469. The van der Waals surface area contributed by atoms with E-state index in [-0.39, 0.29) is 23.8 Å². The van der Waals surface area contributed by atoms with Crippen molar-refractivity contribution in [1.29, 1.82) is 0 Å². The van der Waals surface area contributed by atoms with Crippen LogP contribution in [0.1, 0.15) is 13.3 Å². The highest BCUT2D eigenvalue weighted by atomic mass is 16.5. The monoisotopic (exact) mass is 225 g/mol. The zero-order chi connectivity index (χ0) is 11.7. The van der Waals surface area contributed by atoms with Crippen molar-refractivity contribution in [3.05, 3.63) is 12.2 Å². The fourth-order valence-electron chi connectivity index (χ4n) is 2.47. The molecule has 2 bridgehead atoms. The molecule has 2 heterocycles. The Balaban J connectivity index is 2.15. The summed E-state index contributed by atoms with van der Waals surface area (Å²) in [5.41, 5.74) is 0. The summed E-state index contributed by atoms with van der Waals surface area (Å²) in [5, 5.41) is 9.03. The first-order valence-corrected chi connectivity index (χ1v) is 5.48. The Kier molecular flexibility index (Phi) is 2.85. The minimum Gasteiger partial charge on any atom is -0.466 e. The smallest absolute Gasteiger partial charge is 0.407 e. The van der Waals surface area contributed by atoms with Gasteiger partial charge in [-0.3, -0.25) is 4.79 Å². The van der Waals surface area contributed by atoms with E-state index in [1.54, 1.807) is 6.92 Å². The molecule has 3 rings (SSSR count). The Morgan fingerprint density at radius 1 is 1.50 bits per heavy atom. The molecule has 1 aliphatic carbocycles. The largest absolute Gasteiger partial charge is 0.466 e. The first-order valence-electron chi connectivity index (χ1n) is 5.48. The zero-order valence-corrected chi connectivity index (χ0v) is 9.13. The standard InChI is InChI=1S/C11H15NO4/c1-2-16-10(13)8-5-7-3-4-9(8)12(6-7)11(14)15/h3-4,7-9H,2,5-6H2,1H3,(H,14,15). The van der Waals surface area contributed by atoms with E-state index in [0.29, 0.717) is 19.6 Å². The summed E-state index contributed by atoms with van der Waals surface area (Å²) < 4.78 is 4.97. The molecule has 1 fully saturated rings. The summed E-state index contributed by atoms with van der Waals surface area (Å²) in [7, 11) is 0. The molecule has 1 saturated heterocycles. The van der Waals surface area contributed by atoms with Crippen LogP contribution < -0.4 is 0 Å². The van der Waals surface area contributed by atoms with E-state index in [4.69, 9.17) is 9.84 Å². The lowest BCUT2D eigenvalue weighted by atomic mass is 9.78. The number of esters is 1. The van der Waals surface area contributed by atoms with Gasteiger partial charge in [-0.2, -0.15) is 0 Å². The molecule has 88 valence electrons. The molecule has 3 atom stereocenters. The summed E-state index contributed by atoms with van der Waals surface area (Å²) in [4.78, 5) is 24.0. The van der Waals surface area contributed by atoms with Crippen molar-refractivity contribution in [3.8, 4) is 0 Å². The molecule has 2 aliphatic heterocycles. The molecule has 0 aromatic heterocycles. The number of carbonyl (C=O) groups excluding carboxylic acids is 1. The molecule has 16 heavy (non-hydrogen) atoms. The lowest BCUT2D eigenvalue weighted by Gasteiger charge is -2.43. The number of hydrogen-bond acceptors (Lipinski definition) is 3. The van der Waals surface area contributed by atoms with Crippen molar-refractivity contribution in [2.75, 3.05) is 13.2 Å². The molecule has 1 N–H and O–H groups in total. The SMILES string of the molecule is CCOC(=O)C1CC2C=CC1N(C(=O)O)C2. The minimum atomic E-state index is -0.964. The van der Waals surface area contributed by atoms with Gasteiger partial charge in [0, 0.05) is 6.54 Å². The lowest BCUT2D eigenvalue weighted by molar-refractivity contribution is -0.151. The molecule has 0 aromatic carbocycles. The van der Waals surface area contributed by atoms with Crippen LogP contribution in [-0.4, -0.2) is 41.3 Å². The average Bonchev–Trinajstić information content (AvgIpc) is 2.29. The van der Waals surface area contributed by atoms with Crippen LogP contribution in [0.25, 0.3) is 0 Å². The third-order valence-corrected chi connectivity index (χ3v) is 3.18. The molecule has 0 radical (unpaired) electrons. The number of rotatable bonds is 2. The van der Waals surface area contributed by atoms with Crippen molar-refractivity contribution in [3.63, 3.8) is 0 Å². The number of nitrogens with zero attached hydrogens (tertiary/aromatic N) is 1. The van der Waals surface area contributed by atoms with Crippen LogP contribution in [0.5, 0.6) is 0 Å². The summed E-state index contributed by atoms with van der Waals surface area (Å²) in [6, 6.07) is -0.346. The van der Waals surface area contributed by atoms with Gasteiger partial charge >= 0.3 is 12.1 Å². The van der Waals surface area contributed by atoms with Gasteiger partial charge in [0.1, 0.15) is 0 Å². The second-order valence-electron chi connectivity index (χ2n) is 4.16. The molecule has 1 amide bonds. The Bertz CT molecular complexity index is 339. The topological polar surface area (TPSA) is 66.8 Å². The predicted octanol–water partition coefficient (Wildman–Crippen LogP) is 1.10. The normalized spacial score (nSPS) is 31.6. The van der Waals surface area contributed by atoms with Crippen LogP contribution in [0.2, 0.25) is 0 Å². The fraction of sp³-hybridized carbons (Fsp3) is 0.636. The Labute approximate surface area is 93.7 Å². The van der Waals surface area contributed by atoms with E-state index in [1.807, 2.05) is 12.2 Å². The first kappa shape index (κ1) is 11.0. The lowest BCUT2D eigenvalue weighted by Crippen LogP contribution is -2.54. The van der Waals surface area contributed by atoms with Crippen LogP contribution in [0.4, 0.5) is 4.79 Å². The van der Waals surface area contributed by atoms with E-state index in [0.717, 1.165) is 0 Å². The molecule has 0 saturated carbocycles. The third kappa shape index (κ3) is 1.77. The van der Waals surface area contributed by atoms with Gasteiger partial charge in [-0.25, -0.2) is 4.79 Å². The van der Waals surface area contributed by atoms with E-state index in [1.165, 1.54) is 4.90 Å². The summed E-state index contributed by atoms with van der Waals surface area (Å²) >= 11 is 0. The Hall–Kier alpha value is -1.52. The van der Waals surface area contributed by atoms with E-state index in [9.17, 15) is 9.59 Å². The second-order valence-corrected chi connectivity index (χ2v) is 4.16. The van der Waals surface area contributed by atoms with Crippen LogP contribution in [0.3, 0.4) is 0 Å². The highest BCUT2D eigenvalue weighted by Gasteiger charge is 2.43. The molecule has 3 aliphatic rings. The quantitative estimate of drug-likeness (QED) is 0.564. The van der Waals surface area contributed by atoms with Gasteiger partial charge < -0.3 is 14.7 Å². The van der Waals surface area contributed by atoms with Crippen LogP contribution in [0, 0.1) is 11.8 Å². The molecule has 5 nitrogen and oxygen atoms in total. The van der Waals surface area contributed by atoms with Crippen molar-refractivity contribution in [2.24, 2.45) is 11.8 Å². The van der Waals surface area contributed by atoms with Crippen LogP contribution in [0.15, 0.2) is 12.2 Å². The van der Waals surface area contributed by atoms with E-state index < -0.39 is 6.09 Å². The molecule has 0 spiro atoms.